The number of aromatic nitrogens is 1. The Kier molecular flexibility index (Phi) is 4.51. The van der Waals surface area contributed by atoms with E-state index in [-0.39, 0.29) is 6.10 Å². The zero-order chi connectivity index (χ0) is 10.6. The van der Waals surface area contributed by atoms with Gasteiger partial charge in [-0.25, -0.2) is 4.98 Å². The van der Waals surface area contributed by atoms with Gasteiger partial charge in [-0.15, -0.1) is 11.3 Å². The fourth-order valence-electron chi connectivity index (χ4n) is 1.38. The lowest BCUT2D eigenvalue weighted by Crippen LogP contribution is -2.00. The number of methoxy groups -OCH3 is 1. The molecule has 1 unspecified atom stereocenters. The van der Waals surface area contributed by atoms with Gasteiger partial charge in [0.25, 0.3) is 0 Å². The number of thiazole rings is 1. The van der Waals surface area contributed by atoms with Crippen LogP contribution in [0.3, 0.4) is 0 Å². The Morgan fingerprint density at radius 3 is 2.71 bits per heavy atom. The summed E-state index contributed by atoms with van der Waals surface area (Å²) in [6.07, 6.45) is 2.27. The third kappa shape index (κ3) is 2.53. The number of nitrogens with two attached hydrogens (primary N) is 1. The maximum atomic E-state index is 5.61. The number of hydrogen-bond donors (Lipinski definition) is 1. The van der Waals surface area contributed by atoms with Crippen molar-refractivity contribution in [3.05, 3.63) is 15.6 Å². The molecule has 0 saturated carbocycles. The fraction of sp³-hybridized carbons (Fsp3) is 0.700. The summed E-state index contributed by atoms with van der Waals surface area (Å²) in [5.41, 5.74) is 6.66. The van der Waals surface area contributed by atoms with E-state index in [1.54, 1.807) is 18.4 Å². The van der Waals surface area contributed by atoms with Gasteiger partial charge >= 0.3 is 0 Å². The zero-order valence-electron chi connectivity index (χ0n) is 9.04. The summed E-state index contributed by atoms with van der Waals surface area (Å²) in [6.45, 7) is 4.73. The summed E-state index contributed by atoms with van der Waals surface area (Å²) >= 11 is 1.67. The predicted octanol–water partition coefficient (Wildman–Crippen LogP) is 2.40. The molecule has 1 heterocycles. The van der Waals surface area contributed by atoms with Crippen LogP contribution in [0, 0.1) is 6.92 Å². The minimum atomic E-state index is 0.143. The largest absolute Gasteiger partial charge is 0.374 e. The molecule has 1 aromatic heterocycles. The Morgan fingerprint density at radius 2 is 2.29 bits per heavy atom. The molecular formula is C10H18N2OS. The third-order valence-corrected chi connectivity index (χ3v) is 3.48. The molecule has 0 amide bonds. The highest BCUT2D eigenvalue weighted by Crippen LogP contribution is 2.28. The van der Waals surface area contributed by atoms with E-state index >= 15 is 0 Å². The maximum Gasteiger partial charge on any atom is 0.122 e. The highest BCUT2D eigenvalue weighted by Gasteiger charge is 2.15. The molecule has 0 aliphatic heterocycles. The molecule has 80 valence electrons. The summed E-state index contributed by atoms with van der Waals surface area (Å²) in [7, 11) is 1.74. The standard InChI is InChI=1S/C10H18N2OS/c1-4-5-8(13-3)10-12-7(2)9(6-11)14-10/h8H,4-6,11H2,1-3H3. The van der Waals surface area contributed by atoms with Crippen molar-refractivity contribution in [2.45, 2.75) is 39.3 Å². The Bertz CT molecular complexity index is 286. The van der Waals surface area contributed by atoms with Gasteiger partial charge in [-0.05, 0) is 13.3 Å². The SMILES string of the molecule is CCCC(OC)c1nc(C)c(CN)s1. The first-order chi connectivity index (χ1) is 6.72. The van der Waals surface area contributed by atoms with E-state index in [1.807, 2.05) is 6.92 Å². The van der Waals surface area contributed by atoms with Gasteiger partial charge in [-0.1, -0.05) is 13.3 Å². The van der Waals surface area contributed by atoms with E-state index in [2.05, 4.69) is 11.9 Å². The van der Waals surface area contributed by atoms with E-state index in [4.69, 9.17) is 10.5 Å². The second-order valence-corrected chi connectivity index (χ2v) is 4.39. The third-order valence-electron chi connectivity index (χ3n) is 2.21. The quantitative estimate of drug-likeness (QED) is 0.818. The smallest absolute Gasteiger partial charge is 0.122 e. The van der Waals surface area contributed by atoms with Crippen molar-refractivity contribution in [2.24, 2.45) is 5.73 Å². The van der Waals surface area contributed by atoms with Crippen LogP contribution in [0.2, 0.25) is 0 Å². The van der Waals surface area contributed by atoms with Gasteiger partial charge in [0.15, 0.2) is 0 Å². The van der Waals surface area contributed by atoms with Crippen molar-refractivity contribution in [1.29, 1.82) is 0 Å². The predicted molar refractivity (Wildman–Crippen MR) is 59.4 cm³/mol. The summed E-state index contributed by atoms with van der Waals surface area (Å²) in [5.74, 6) is 0. The first kappa shape index (κ1) is 11.6. The van der Waals surface area contributed by atoms with Crippen LogP contribution < -0.4 is 5.73 Å². The molecular weight excluding hydrogens is 196 g/mol. The molecule has 4 heteroatoms. The van der Waals surface area contributed by atoms with Crippen LogP contribution in [0.1, 0.15) is 41.4 Å². The molecule has 0 bridgehead atoms. The van der Waals surface area contributed by atoms with Crippen LogP contribution in [0.25, 0.3) is 0 Å². The molecule has 3 nitrogen and oxygen atoms in total. The monoisotopic (exact) mass is 214 g/mol. The molecule has 0 aliphatic carbocycles. The highest BCUT2D eigenvalue weighted by molar-refractivity contribution is 7.11. The number of hydrogen-bond acceptors (Lipinski definition) is 4. The summed E-state index contributed by atoms with van der Waals surface area (Å²) < 4.78 is 5.40. The molecule has 0 radical (unpaired) electrons. The summed E-state index contributed by atoms with van der Waals surface area (Å²) in [6, 6.07) is 0. The Balaban J connectivity index is 2.82. The van der Waals surface area contributed by atoms with E-state index < -0.39 is 0 Å². The molecule has 0 fully saturated rings. The second-order valence-electron chi connectivity index (χ2n) is 3.28. The molecule has 0 saturated heterocycles. The Labute approximate surface area is 89.3 Å². The first-order valence-electron chi connectivity index (χ1n) is 4.92. The van der Waals surface area contributed by atoms with Crippen molar-refractivity contribution >= 4 is 11.3 Å². The van der Waals surface area contributed by atoms with Gasteiger partial charge in [0.1, 0.15) is 11.1 Å². The second kappa shape index (κ2) is 5.44. The molecule has 1 rings (SSSR count). The molecule has 2 N–H and O–H groups in total. The molecule has 14 heavy (non-hydrogen) atoms. The van der Waals surface area contributed by atoms with Crippen LogP contribution >= 0.6 is 11.3 Å². The average Bonchev–Trinajstić information content (AvgIpc) is 2.56. The van der Waals surface area contributed by atoms with Crippen LogP contribution in [-0.2, 0) is 11.3 Å². The van der Waals surface area contributed by atoms with E-state index in [1.165, 1.54) is 0 Å². The summed E-state index contributed by atoms with van der Waals surface area (Å²) in [4.78, 5) is 5.65. The van der Waals surface area contributed by atoms with Crippen molar-refractivity contribution in [2.75, 3.05) is 7.11 Å². The number of rotatable bonds is 5. The minimum Gasteiger partial charge on any atom is -0.374 e. The lowest BCUT2D eigenvalue weighted by molar-refractivity contribution is 0.0947. The Morgan fingerprint density at radius 1 is 1.57 bits per heavy atom. The minimum absolute atomic E-state index is 0.143. The van der Waals surface area contributed by atoms with Gasteiger partial charge in [-0.3, -0.25) is 0 Å². The van der Waals surface area contributed by atoms with Gasteiger partial charge in [0, 0.05) is 18.5 Å². The van der Waals surface area contributed by atoms with Crippen LogP contribution in [-0.4, -0.2) is 12.1 Å². The van der Waals surface area contributed by atoms with Crippen molar-refractivity contribution in [3.63, 3.8) is 0 Å². The lowest BCUT2D eigenvalue weighted by Gasteiger charge is -2.10. The maximum absolute atomic E-state index is 5.61. The Hall–Kier alpha value is -0.450. The summed E-state index contributed by atoms with van der Waals surface area (Å²) in [5, 5.41) is 1.06. The van der Waals surface area contributed by atoms with Crippen molar-refractivity contribution in [1.82, 2.24) is 4.98 Å². The van der Waals surface area contributed by atoms with Crippen LogP contribution in [0.15, 0.2) is 0 Å². The van der Waals surface area contributed by atoms with Gasteiger partial charge in [0.2, 0.25) is 0 Å². The number of aryl methyl sites for hydroxylation is 1. The van der Waals surface area contributed by atoms with Crippen LogP contribution in [0.4, 0.5) is 0 Å². The van der Waals surface area contributed by atoms with Gasteiger partial charge in [-0.2, -0.15) is 0 Å². The van der Waals surface area contributed by atoms with E-state index in [0.717, 1.165) is 28.4 Å². The van der Waals surface area contributed by atoms with E-state index in [9.17, 15) is 0 Å². The lowest BCUT2D eigenvalue weighted by atomic mass is 10.2. The van der Waals surface area contributed by atoms with Gasteiger partial charge < -0.3 is 10.5 Å². The molecule has 1 atom stereocenters. The van der Waals surface area contributed by atoms with E-state index in [0.29, 0.717) is 6.54 Å². The molecule has 0 aliphatic rings. The topological polar surface area (TPSA) is 48.1 Å². The number of ether oxygens (including phenoxy) is 1. The van der Waals surface area contributed by atoms with Crippen LogP contribution in [0.5, 0.6) is 0 Å². The average molecular weight is 214 g/mol. The number of nitrogens with zero attached hydrogens (tertiary/aromatic N) is 1. The van der Waals surface area contributed by atoms with Crippen molar-refractivity contribution in [3.8, 4) is 0 Å². The molecule has 0 aromatic carbocycles. The highest BCUT2D eigenvalue weighted by atomic mass is 32.1. The first-order valence-corrected chi connectivity index (χ1v) is 5.73. The molecule has 1 aromatic rings. The fourth-order valence-corrected chi connectivity index (χ4v) is 2.44. The van der Waals surface area contributed by atoms with Crippen molar-refractivity contribution < 1.29 is 4.74 Å². The normalized spacial score (nSPS) is 13.1. The molecule has 0 spiro atoms. The van der Waals surface area contributed by atoms with Gasteiger partial charge in [0.05, 0.1) is 5.69 Å². The zero-order valence-corrected chi connectivity index (χ0v) is 9.86.